The molecule has 41 heavy (non-hydrogen) atoms. The Balaban J connectivity index is 1.40. The minimum Gasteiger partial charge on any atom is -0.394 e. The summed E-state index contributed by atoms with van der Waals surface area (Å²) in [7, 11) is 0. The number of anilines is 2. The number of alkyl halides is 1. The molecule has 3 aromatic rings. The molecule has 3 aliphatic heterocycles. The average molecular weight is 639 g/mol. The van der Waals surface area contributed by atoms with Crippen molar-refractivity contribution in [1.82, 2.24) is 4.90 Å². The van der Waals surface area contributed by atoms with Crippen LogP contribution < -0.4 is 10.6 Å². The lowest BCUT2D eigenvalue weighted by atomic mass is 9.70. The lowest BCUT2D eigenvalue weighted by Gasteiger charge is -2.37. The number of likely N-dealkylation sites (tertiary alicyclic amines) is 1. The monoisotopic (exact) mass is 637 g/mol. The van der Waals surface area contributed by atoms with Crippen molar-refractivity contribution in [3.05, 3.63) is 95.5 Å². The van der Waals surface area contributed by atoms with E-state index in [0.717, 1.165) is 5.56 Å². The quantitative estimate of drug-likeness (QED) is 0.320. The van der Waals surface area contributed by atoms with Gasteiger partial charge in [0.25, 0.3) is 0 Å². The number of nitrogens with zero attached hydrogens (tertiary/aromatic N) is 1. The number of carbonyl (C=O) groups excluding carboxylic acids is 3. The summed E-state index contributed by atoms with van der Waals surface area (Å²) in [6.45, 7) is -0.374. The van der Waals surface area contributed by atoms with Crippen LogP contribution in [0.15, 0.2) is 84.9 Å². The molecule has 8 nitrogen and oxygen atoms in total. The van der Waals surface area contributed by atoms with Crippen LogP contribution in [0.2, 0.25) is 5.02 Å². The van der Waals surface area contributed by atoms with Gasteiger partial charge in [0.05, 0.1) is 41.3 Å². The zero-order valence-electron chi connectivity index (χ0n) is 22.0. The second-order valence-electron chi connectivity index (χ2n) is 10.8. The molecule has 6 rings (SSSR count). The summed E-state index contributed by atoms with van der Waals surface area (Å²) in [5.41, 5.74) is 0.634. The van der Waals surface area contributed by atoms with Gasteiger partial charge in [-0.2, -0.15) is 0 Å². The molecule has 1 spiro atoms. The Hall–Kier alpha value is -3.24. The van der Waals surface area contributed by atoms with Crippen molar-refractivity contribution in [3.63, 3.8) is 0 Å². The van der Waals surface area contributed by atoms with Gasteiger partial charge in [-0.05, 0) is 42.7 Å². The molecule has 3 aromatic carbocycles. The van der Waals surface area contributed by atoms with Gasteiger partial charge >= 0.3 is 0 Å². The number of benzene rings is 3. The van der Waals surface area contributed by atoms with Crippen molar-refractivity contribution in [1.29, 1.82) is 0 Å². The van der Waals surface area contributed by atoms with Crippen LogP contribution >= 0.6 is 27.5 Å². The summed E-state index contributed by atoms with van der Waals surface area (Å²) >= 11 is 10.0. The first-order chi connectivity index (χ1) is 19.8. The molecule has 3 amide bonds. The third-order valence-electron chi connectivity index (χ3n) is 8.37. The van der Waals surface area contributed by atoms with Gasteiger partial charge < -0.3 is 25.4 Å². The second kappa shape index (κ2) is 11.2. The first-order valence-corrected chi connectivity index (χ1v) is 14.8. The highest BCUT2D eigenvalue weighted by molar-refractivity contribution is 9.09. The number of aliphatic hydroxyl groups is 1. The topological polar surface area (TPSA) is 108 Å². The van der Waals surface area contributed by atoms with E-state index in [1.165, 1.54) is 4.90 Å². The summed E-state index contributed by atoms with van der Waals surface area (Å²) in [5.74, 6) is -2.95. The molecule has 7 atom stereocenters. The maximum absolute atomic E-state index is 14.4. The second-order valence-corrected chi connectivity index (χ2v) is 12.3. The van der Waals surface area contributed by atoms with E-state index in [1.807, 2.05) is 48.5 Å². The number of ether oxygens (including phenoxy) is 1. The van der Waals surface area contributed by atoms with E-state index < -0.39 is 41.5 Å². The summed E-state index contributed by atoms with van der Waals surface area (Å²) in [5, 5.41) is 16.7. The molecule has 0 radical (unpaired) electrons. The zero-order valence-corrected chi connectivity index (χ0v) is 24.3. The first kappa shape index (κ1) is 27.9. The van der Waals surface area contributed by atoms with Gasteiger partial charge in [0.15, 0.2) is 0 Å². The highest BCUT2D eigenvalue weighted by Crippen LogP contribution is 2.60. The van der Waals surface area contributed by atoms with E-state index in [4.69, 9.17) is 16.3 Å². The number of nitrogens with one attached hydrogen (secondary N) is 2. The van der Waals surface area contributed by atoms with E-state index in [1.54, 1.807) is 36.4 Å². The normalized spacial score (nSPS) is 28.8. The number of para-hydroxylation sites is 2. The lowest BCUT2D eigenvalue weighted by molar-refractivity contribution is -0.143. The maximum atomic E-state index is 14.4. The SMILES string of the molecule is O=C(Nc1ccccc1Cl)C1N([C@@H](CO)Cc2ccccc2)C(=O)[C@@H]2[C@@H](C(=O)Nc3ccccc3)[C@@H]3OC12CC3Br. The zero-order chi connectivity index (χ0) is 28.7. The van der Waals surface area contributed by atoms with Crippen molar-refractivity contribution >= 4 is 56.6 Å². The molecule has 3 heterocycles. The third-order valence-corrected chi connectivity index (χ3v) is 9.54. The Kier molecular flexibility index (Phi) is 7.63. The van der Waals surface area contributed by atoms with Crippen LogP contribution in [0.1, 0.15) is 12.0 Å². The third kappa shape index (κ3) is 4.84. The van der Waals surface area contributed by atoms with Crippen LogP contribution in [0.3, 0.4) is 0 Å². The molecule has 0 saturated carbocycles. The van der Waals surface area contributed by atoms with Crippen LogP contribution in [0.25, 0.3) is 0 Å². The largest absolute Gasteiger partial charge is 0.394 e. The minimum absolute atomic E-state index is 0.254. The standard InChI is InChI=1S/C31H29BrClN3O5/c32-21-16-31-25(24(26(21)41-31)28(38)34-19-11-5-2-6-12-19)30(40)36(20(17-37)15-18-9-3-1-4-10-18)27(31)29(39)35-23-14-8-7-13-22(23)33/h1-14,20-21,24-27,37H,15-17H2,(H,34,38)(H,35,39)/t20-,21?,24-,25+,26-,27?,31?/m1/s1. The van der Waals surface area contributed by atoms with Crippen LogP contribution in [0.4, 0.5) is 11.4 Å². The number of hydrogen-bond donors (Lipinski definition) is 3. The maximum Gasteiger partial charge on any atom is 0.250 e. The highest BCUT2D eigenvalue weighted by Gasteiger charge is 2.77. The van der Waals surface area contributed by atoms with Crippen molar-refractivity contribution in [2.24, 2.45) is 11.8 Å². The van der Waals surface area contributed by atoms with Gasteiger partial charge in [0.2, 0.25) is 17.7 Å². The molecule has 212 valence electrons. The van der Waals surface area contributed by atoms with Crippen molar-refractivity contribution < 1.29 is 24.2 Å². The fourth-order valence-electron chi connectivity index (χ4n) is 6.71. The minimum atomic E-state index is -1.27. The van der Waals surface area contributed by atoms with E-state index in [-0.39, 0.29) is 23.2 Å². The predicted molar refractivity (Wildman–Crippen MR) is 159 cm³/mol. The Morgan fingerprint density at radius 2 is 1.66 bits per heavy atom. The van der Waals surface area contributed by atoms with Gasteiger partial charge in [0.1, 0.15) is 11.6 Å². The van der Waals surface area contributed by atoms with Crippen LogP contribution in [0, 0.1) is 11.8 Å². The fourth-order valence-corrected chi connectivity index (χ4v) is 7.83. The van der Waals surface area contributed by atoms with E-state index in [2.05, 4.69) is 26.6 Å². The van der Waals surface area contributed by atoms with E-state index in [9.17, 15) is 19.5 Å². The number of rotatable bonds is 8. The molecule has 0 aromatic heterocycles. The number of amides is 3. The van der Waals surface area contributed by atoms with Crippen LogP contribution in [0.5, 0.6) is 0 Å². The molecule has 0 aliphatic carbocycles. The molecule has 3 aliphatic rings. The van der Waals surface area contributed by atoms with Gasteiger partial charge in [-0.25, -0.2) is 0 Å². The first-order valence-electron chi connectivity index (χ1n) is 13.5. The van der Waals surface area contributed by atoms with Crippen molar-refractivity contribution in [2.75, 3.05) is 17.2 Å². The highest BCUT2D eigenvalue weighted by atomic mass is 79.9. The van der Waals surface area contributed by atoms with Gasteiger partial charge in [0, 0.05) is 10.5 Å². The molecule has 3 N–H and O–H groups in total. The number of carbonyl (C=O) groups is 3. The molecule has 3 unspecified atom stereocenters. The summed E-state index contributed by atoms with van der Waals surface area (Å²) in [6, 6.07) is 23.5. The summed E-state index contributed by atoms with van der Waals surface area (Å²) in [6.07, 6.45) is 0.0697. The molecule has 3 saturated heterocycles. The summed E-state index contributed by atoms with van der Waals surface area (Å²) < 4.78 is 6.57. The Morgan fingerprint density at radius 1 is 1.00 bits per heavy atom. The van der Waals surface area contributed by atoms with Gasteiger partial charge in [-0.3, -0.25) is 14.4 Å². The van der Waals surface area contributed by atoms with Gasteiger partial charge in [-0.1, -0.05) is 88.2 Å². The molecule has 2 bridgehead atoms. The summed E-state index contributed by atoms with van der Waals surface area (Å²) in [4.78, 5) is 43.5. The predicted octanol–water partition coefficient (Wildman–Crippen LogP) is 4.27. The van der Waals surface area contributed by atoms with E-state index >= 15 is 0 Å². The molecule has 3 fully saturated rings. The van der Waals surface area contributed by atoms with Crippen LogP contribution in [-0.4, -0.2) is 63.0 Å². The fraction of sp³-hybridized carbons (Fsp3) is 0.323. The molecule has 10 heteroatoms. The number of fused-ring (bicyclic) bond motifs is 1. The lowest BCUT2D eigenvalue weighted by Crippen LogP contribution is -2.57. The number of aliphatic hydroxyl groups excluding tert-OH is 1. The van der Waals surface area contributed by atoms with Crippen molar-refractivity contribution in [2.45, 2.75) is 41.5 Å². The number of hydrogen-bond acceptors (Lipinski definition) is 5. The molecular formula is C31H29BrClN3O5. The van der Waals surface area contributed by atoms with Gasteiger partial charge in [-0.15, -0.1) is 0 Å². The number of halogens is 2. The Morgan fingerprint density at radius 3 is 2.34 bits per heavy atom. The average Bonchev–Trinajstić information content (AvgIpc) is 3.57. The van der Waals surface area contributed by atoms with Crippen molar-refractivity contribution in [3.8, 4) is 0 Å². The Labute approximate surface area is 251 Å². The van der Waals surface area contributed by atoms with E-state index in [0.29, 0.717) is 29.2 Å². The van der Waals surface area contributed by atoms with Crippen LogP contribution in [-0.2, 0) is 25.5 Å². The smallest absolute Gasteiger partial charge is 0.250 e. The Bertz CT molecular complexity index is 1460. The molecular weight excluding hydrogens is 610 g/mol.